The molecular weight excluding hydrogens is 224 g/mol. The van der Waals surface area contributed by atoms with E-state index in [0.717, 1.165) is 24.5 Å². The summed E-state index contributed by atoms with van der Waals surface area (Å²) in [4.78, 5) is 18.1. The first kappa shape index (κ1) is 11.4. The van der Waals surface area contributed by atoms with Gasteiger partial charge >= 0.3 is 0 Å². The van der Waals surface area contributed by atoms with E-state index in [9.17, 15) is 4.79 Å². The van der Waals surface area contributed by atoms with Gasteiger partial charge < -0.3 is 9.64 Å². The molecule has 1 aliphatic heterocycles. The van der Waals surface area contributed by atoms with Gasteiger partial charge in [0.15, 0.2) is 11.4 Å². The van der Waals surface area contributed by atoms with Crippen molar-refractivity contribution in [2.45, 2.75) is 26.2 Å². The summed E-state index contributed by atoms with van der Waals surface area (Å²) in [7, 11) is 0. The predicted octanol–water partition coefficient (Wildman–Crippen LogP) is 2.34. The number of rotatable bonds is 4. The summed E-state index contributed by atoms with van der Waals surface area (Å²) >= 11 is 1.43. The van der Waals surface area contributed by atoms with Crippen LogP contribution in [0.15, 0.2) is 0 Å². The molecule has 5 heteroatoms. The Hall–Kier alpha value is -1.10. The number of ether oxygens (including phenoxy) is 1. The number of aromatic nitrogens is 1. The smallest absolute Gasteiger partial charge is 0.237 e. The molecule has 0 amide bonds. The molecule has 4 nitrogen and oxygen atoms in total. The minimum atomic E-state index is 0.489. The van der Waals surface area contributed by atoms with Gasteiger partial charge in [-0.2, -0.15) is 4.98 Å². The lowest BCUT2D eigenvalue weighted by atomic mass is 10.1. The van der Waals surface area contributed by atoms with Gasteiger partial charge in [-0.15, -0.1) is 0 Å². The Labute approximate surface area is 99.2 Å². The molecule has 0 aliphatic carbocycles. The Morgan fingerprint density at radius 1 is 1.44 bits per heavy atom. The topological polar surface area (TPSA) is 42.4 Å². The summed E-state index contributed by atoms with van der Waals surface area (Å²) in [6.45, 7) is 4.52. The predicted molar refractivity (Wildman–Crippen MR) is 64.7 cm³/mol. The highest BCUT2D eigenvalue weighted by Gasteiger charge is 2.18. The number of carbonyl (C=O) groups excluding carboxylic acids is 1. The number of nitrogens with zero attached hydrogens (tertiary/aromatic N) is 2. The number of hydrogen-bond acceptors (Lipinski definition) is 5. The van der Waals surface area contributed by atoms with E-state index in [-0.39, 0.29) is 0 Å². The first-order valence-electron chi connectivity index (χ1n) is 5.69. The van der Waals surface area contributed by atoms with Crippen LogP contribution in [0.25, 0.3) is 0 Å². The third kappa shape index (κ3) is 2.35. The molecule has 2 rings (SSSR count). The molecule has 0 aromatic carbocycles. The fraction of sp³-hybridized carbons (Fsp3) is 0.636. The Bertz CT molecular complexity index is 359. The van der Waals surface area contributed by atoms with E-state index in [1.54, 1.807) is 0 Å². The minimum absolute atomic E-state index is 0.489. The van der Waals surface area contributed by atoms with E-state index in [1.807, 2.05) is 6.92 Å². The summed E-state index contributed by atoms with van der Waals surface area (Å²) < 4.78 is 5.34. The van der Waals surface area contributed by atoms with E-state index in [0.29, 0.717) is 17.4 Å². The van der Waals surface area contributed by atoms with Crippen molar-refractivity contribution in [3.8, 4) is 5.88 Å². The van der Waals surface area contributed by atoms with Crippen LogP contribution in [0.2, 0.25) is 0 Å². The lowest BCUT2D eigenvalue weighted by molar-refractivity contribution is 0.112. The minimum Gasteiger partial charge on any atom is -0.477 e. The number of hydrogen-bond donors (Lipinski definition) is 0. The third-order valence-corrected chi connectivity index (χ3v) is 3.65. The fourth-order valence-electron chi connectivity index (χ4n) is 1.84. The molecule has 1 fully saturated rings. The van der Waals surface area contributed by atoms with Crippen LogP contribution in [0.4, 0.5) is 5.13 Å². The SMILES string of the molecule is CCOc1nc(N2CCCCC2)sc1C=O. The molecular formula is C11H16N2O2S. The standard InChI is InChI=1S/C11H16N2O2S/c1-2-15-10-9(8-14)16-11(12-10)13-6-4-3-5-7-13/h8H,2-7H2,1H3. The van der Waals surface area contributed by atoms with Gasteiger partial charge in [-0.25, -0.2) is 0 Å². The first-order valence-corrected chi connectivity index (χ1v) is 6.50. The van der Waals surface area contributed by atoms with Crippen LogP contribution < -0.4 is 9.64 Å². The van der Waals surface area contributed by atoms with Crippen LogP contribution in [-0.2, 0) is 0 Å². The molecule has 2 heterocycles. The molecule has 0 spiro atoms. The van der Waals surface area contributed by atoms with Crippen molar-refractivity contribution in [2.24, 2.45) is 0 Å². The van der Waals surface area contributed by atoms with Crippen LogP contribution in [0.3, 0.4) is 0 Å². The van der Waals surface area contributed by atoms with Crippen LogP contribution in [-0.4, -0.2) is 31.0 Å². The van der Waals surface area contributed by atoms with Gasteiger partial charge in [0.25, 0.3) is 0 Å². The average molecular weight is 240 g/mol. The van der Waals surface area contributed by atoms with Crippen LogP contribution in [0.5, 0.6) is 5.88 Å². The maximum absolute atomic E-state index is 10.9. The Morgan fingerprint density at radius 2 is 2.19 bits per heavy atom. The van der Waals surface area contributed by atoms with Crippen molar-refractivity contribution >= 4 is 22.8 Å². The summed E-state index contributed by atoms with van der Waals surface area (Å²) in [5.41, 5.74) is 0. The van der Waals surface area contributed by atoms with Gasteiger partial charge in [0.05, 0.1) is 6.61 Å². The van der Waals surface area contributed by atoms with E-state index >= 15 is 0 Å². The van der Waals surface area contributed by atoms with Crippen molar-refractivity contribution < 1.29 is 9.53 Å². The molecule has 1 aliphatic rings. The van der Waals surface area contributed by atoms with Crippen molar-refractivity contribution in [2.75, 3.05) is 24.6 Å². The summed E-state index contributed by atoms with van der Waals surface area (Å²) in [6.07, 6.45) is 4.54. The van der Waals surface area contributed by atoms with E-state index < -0.39 is 0 Å². The van der Waals surface area contributed by atoms with Crippen LogP contribution in [0, 0.1) is 0 Å². The zero-order valence-electron chi connectivity index (χ0n) is 9.44. The van der Waals surface area contributed by atoms with Gasteiger partial charge in [-0.3, -0.25) is 4.79 Å². The van der Waals surface area contributed by atoms with Gasteiger partial charge in [0, 0.05) is 13.1 Å². The molecule has 1 aromatic heterocycles. The average Bonchev–Trinajstić information content (AvgIpc) is 2.74. The number of anilines is 1. The van der Waals surface area contributed by atoms with E-state index in [2.05, 4.69) is 9.88 Å². The van der Waals surface area contributed by atoms with Gasteiger partial charge in [0.2, 0.25) is 5.88 Å². The summed E-state index contributed by atoms with van der Waals surface area (Å²) in [5, 5.41) is 0.922. The highest BCUT2D eigenvalue weighted by molar-refractivity contribution is 7.17. The molecule has 0 bridgehead atoms. The fourth-order valence-corrected chi connectivity index (χ4v) is 2.72. The van der Waals surface area contributed by atoms with Crippen LogP contribution in [0.1, 0.15) is 35.9 Å². The third-order valence-electron chi connectivity index (χ3n) is 2.62. The largest absolute Gasteiger partial charge is 0.477 e. The second kappa shape index (κ2) is 5.30. The molecule has 0 N–H and O–H groups in total. The van der Waals surface area contributed by atoms with E-state index in [4.69, 9.17) is 4.74 Å². The Morgan fingerprint density at radius 3 is 2.81 bits per heavy atom. The van der Waals surface area contributed by atoms with Crippen LogP contribution >= 0.6 is 11.3 Å². The molecule has 0 saturated carbocycles. The summed E-state index contributed by atoms with van der Waals surface area (Å²) in [6, 6.07) is 0. The second-order valence-electron chi connectivity index (χ2n) is 3.76. The number of carbonyl (C=O) groups is 1. The maximum atomic E-state index is 10.9. The zero-order chi connectivity index (χ0) is 11.4. The lowest BCUT2D eigenvalue weighted by Crippen LogP contribution is -2.29. The van der Waals surface area contributed by atoms with Gasteiger partial charge in [0.1, 0.15) is 4.88 Å². The van der Waals surface area contributed by atoms with E-state index in [1.165, 1.54) is 30.6 Å². The molecule has 0 radical (unpaired) electrons. The van der Waals surface area contributed by atoms with Crippen molar-refractivity contribution in [1.29, 1.82) is 0 Å². The highest BCUT2D eigenvalue weighted by Crippen LogP contribution is 2.31. The van der Waals surface area contributed by atoms with Crippen molar-refractivity contribution in [3.63, 3.8) is 0 Å². The monoisotopic (exact) mass is 240 g/mol. The van der Waals surface area contributed by atoms with Crippen molar-refractivity contribution in [3.05, 3.63) is 4.88 Å². The zero-order valence-corrected chi connectivity index (χ0v) is 10.3. The molecule has 0 unspecified atom stereocenters. The Kier molecular flexibility index (Phi) is 3.77. The number of thiazole rings is 1. The molecule has 1 aromatic rings. The quantitative estimate of drug-likeness (QED) is 0.758. The number of piperidine rings is 1. The molecule has 88 valence electrons. The molecule has 1 saturated heterocycles. The summed E-state index contributed by atoms with van der Waals surface area (Å²) in [5.74, 6) is 0.489. The van der Waals surface area contributed by atoms with Gasteiger partial charge in [-0.1, -0.05) is 11.3 Å². The van der Waals surface area contributed by atoms with Crippen molar-refractivity contribution in [1.82, 2.24) is 4.98 Å². The first-order chi connectivity index (χ1) is 7.85. The maximum Gasteiger partial charge on any atom is 0.237 e. The number of aldehydes is 1. The van der Waals surface area contributed by atoms with Gasteiger partial charge in [-0.05, 0) is 26.2 Å². The Balaban J connectivity index is 2.17. The normalized spacial score (nSPS) is 16.2. The highest BCUT2D eigenvalue weighted by atomic mass is 32.1. The second-order valence-corrected chi connectivity index (χ2v) is 4.77. The molecule has 16 heavy (non-hydrogen) atoms. The molecule has 0 atom stereocenters. The lowest BCUT2D eigenvalue weighted by Gasteiger charge is -2.25.